The van der Waals surface area contributed by atoms with Gasteiger partial charge >= 0.3 is 12.1 Å². The summed E-state index contributed by atoms with van der Waals surface area (Å²) < 4.78 is 41.9. The lowest BCUT2D eigenvalue weighted by Crippen LogP contribution is -2.29. The summed E-state index contributed by atoms with van der Waals surface area (Å²) in [5.74, 6) is -1.47. The Labute approximate surface area is 113 Å². The van der Waals surface area contributed by atoms with E-state index in [1.165, 1.54) is 18.2 Å². The molecule has 1 heterocycles. The minimum atomic E-state index is -4.91. The van der Waals surface area contributed by atoms with Gasteiger partial charge in [-0.25, -0.2) is 4.98 Å². The highest BCUT2D eigenvalue weighted by molar-refractivity contribution is 5.96. The molecule has 1 amide bonds. The highest BCUT2D eigenvalue weighted by Gasteiger charge is 2.38. The number of aryl methyl sites for hydroxylation is 1. The van der Waals surface area contributed by atoms with Crippen molar-refractivity contribution in [3.8, 4) is 0 Å². The first-order valence-corrected chi connectivity index (χ1v) is 6.18. The zero-order valence-corrected chi connectivity index (χ0v) is 10.8. The average Bonchev–Trinajstić information content (AvgIpc) is 2.77. The molecule has 0 saturated carbocycles. The first-order chi connectivity index (χ1) is 9.40. The molecule has 0 unspecified atom stereocenters. The number of amides is 1. The summed E-state index contributed by atoms with van der Waals surface area (Å²) >= 11 is 0. The molecular weight excluding hydrogens is 273 g/mol. The van der Waals surface area contributed by atoms with Gasteiger partial charge in [0.2, 0.25) is 0 Å². The summed E-state index contributed by atoms with van der Waals surface area (Å²) in [6.07, 6.45) is -2.33. The molecule has 0 radical (unpaired) electrons. The number of rotatable bonds is 4. The van der Waals surface area contributed by atoms with Crippen LogP contribution in [-0.4, -0.2) is 17.1 Å². The summed E-state index contributed by atoms with van der Waals surface area (Å²) in [7, 11) is 0. The summed E-state index contributed by atoms with van der Waals surface area (Å²) in [6, 6.07) is 4.21. The van der Waals surface area contributed by atoms with E-state index in [1.807, 2.05) is 6.92 Å². The van der Waals surface area contributed by atoms with Crippen LogP contribution < -0.4 is 5.32 Å². The zero-order chi connectivity index (χ0) is 14.8. The summed E-state index contributed by atoms with van der Waals surface area (Å²) in [5, 5.41) is 1.77. The first kappa shape index (κ1) is 14.4. The molecule has 4 nitrogen and oxygen atoms in total. The van der Waals surface area contributed by atoms with Crippen LogP contribution in [0.25, 0.3) is 11.1 Å². The van der Waals surface area contributed by atoms with Crippen LogP contribution >= 0.6 is 0 Å². The predicted octanol–water partition coefficient (Wildman–Crippen LogP) is 3.67. The van der Waals surface area contributed by atoms with Gasteiger partial charge in [-0.2, -0.15) is 13.2 Å². The third-order valence-corrected chi connectivity index (χ3v) is 2.69. The highest BCUT2D eigenvalue weighted by atomic mass is 19.4. The van der Waals surface area contributed by atoms with Crippen LogP contribution in [0.15, 0.2) is 22.6 Å². The van der Waals surface area contributed by atoms with E-state index in [0.29, 0.717) is 23.4 Å². The number of fused-ring (bicyclic) bond motifs is 1. The van der Waals surface area contributed by atoms with Crippen molar-refractivity contribution in [1.29, 1.82) is 0 Å². The molecule has 108 valence electrons. The number of carbonyl (C=O) groups excluding carboxylic acids is 1. The molecule has 0 saturated heterocycles. The van der Waals surface area contributed by atoms with Crippen molar-refractivity contribution in [2.24, 2.45) is 0 Å². The zero-order valence-electron chi connectivity index (χ0n) is 10.8. The number of hydrogen-bond acceptors (Lipinski definition) is 3. The predicted molar refractivity (Wildman–Crippen MR) is 67.3 cm³/mol. The van der Waals surface area contributed by atoms with Crippen molar-refractivity contribution in [1.82, 2.24) is 4.98 Å². The Hall–Kier alpha value is -2.05. The number of benzene rings is 1. The van der Waals surface area contributed by atoms with Crippen LogP contribution in [0.1, 0.15) is 25.7 Å². The molecule has 0 aliphatic carbocycles. The van der Waals surface area contributed by atoms with Gasteiger partial charge in [-0.1, -0.05) is 13.3 Å². The second kappa shape index (κ2) is 5.52. The Kier molecular flexibility index (Phi) is 3.96. The van der Waals surface area contributed by atoms with E-state index in [0.717, 1.165) is 12.8 Å². The van der Waals surface area contributed by atoms with Crippen LogP contribution in [0.3, 0.4) is 0 Å². The fourth-order valence-electron chi connectivity index (χ4n) is 1.69. The van der Waals surface area contributed by atoms with Gasteiger partial charge in [0.15, 0.2) is 11.5 Å². The molecule has 0 bridgehead atoms. The summed E-state index contributed by atoms with van der Waals surface area (Å²) in [6.45, 7) is 2.04. The SMILES string of the molecule is CCCCc1nc2ccc(NC(=O)C(F)(F)F)cc2o1. The number of hydrogen-bond donors (Lipinski definition) is 1. The molecular formula is C13H13F3N2O2. The van der Waals surface area contributed by atoms with Crippen molar-refractivity contribution in [3.63, 3.8) is 0 Å². The van der Waals surface area contributed by atoms with Crippen molar-refractivity contribution in [2.45, 2.75) is 32.4 Å². The molecule has 20 heavy (non-hydrogen) atoms. The van der Waals surface area contributed by atoms with Gasteiger partial charge in [-0.05, 0) is 18.6 Å². The number of nitrogens with zero attached hydrogens (tertiary/aromatic N) is 1. The van der Waals surface area contributed by atoms with Crippen molar-refractivity contribution >= 4 is 22.7 Å². The van der Waals surface area contributed by atoms with E-state index < -0.39 is 12.1 Å². The minimum absolute atomic E-state index is 0.0259. The van der Waals surface area contributed by atoms with Gasteiger partial charge in [0.05, 0.1) is 0 Å². The van der Waals surface area contributed by atoms with E-state index >= 15 is 0 Å². The fraction of sp³-hybridized carbons (Fsp3) is 0.385. The molecule has 1 aromatic heterocycles. The van der Waals surface area contributed by atoms with E-state index in [1.54, 1.807) is 5.32 Å². The quantitative estimate of drug-likeness (QED) is 0.933. The third-order valence-electron chi connectivity index (χ3n) is 2.69. The number of alkyl halides is 3. The van der Waals surface area contributed by atoms with Crippen LogP contribution in [0.4, 0.5) is 18.9 Å². The van der Waals surface area contributed by atoms with Crippen molar-refractivity contribution in [2.75, 3.05) is 5.32 Å². The molecule has 0 aliphatic heterocycles. The van der Waals surface area contributed by atoms with Gasteiger partial charge in [-0.15, -0.1) is 0 Å². The Balaban J connectivity index is 2.18. The van der Waals surface area contributed by atoms with Gasteiger partial charge < -0.3 is 9.73 Å². The lowest BCUT2D eigenvalue weighted by molar-refractivity contribution is -0.167. The molecule has 0 atom stereocenters. The number of nitrogens with one attached hydrogen (secondary N) is 1. The van der Waals surface area contributed by atoms with Gasteiger partial charge in [0, 0.05) is 18.2 Å². The minimum Gasteiger partial charge on any atom is -0.441 e. The van der Waals surface area contributed by atoms with Crippen LogP contribution in [0, 0.1) is 0 Å². The average molecular weight is 286 g/mol. The Morgan fingerprint density at radius 3 is 2.80 bits per heavy atom. The first-order valence-electron chi connectivity index (χ1n) is 6.18. The van der Waals surface area contributed by atoms with Crippen LogP contribution in [0.5, 0.6) is 0 Å². The number of carbonyl (C=O) groups is 1. The van der Waals surface area contributed by atoms with Crippen LogP contribution in [0.2, 0.25) is 0 Å². The highest BCUT2D eigenvalue weighted by Crippen LogP contribution is 2.23. The largest absolute Gasteiger partial charge is 0.471 e. The molecule has 0 spiro atoms. The maximum atomic E-state index is 12.1. The second-order valence-electron chi connectivity index (χ2n) is 4.35. The maximum Gasteiger partial charge on any atom is 0.471 e. The molecule has 1 N–H and O–H groups in total. The second-order valence-corrected chi connectivity index (χ2v) is 4.35. The lowest BCUT2D eigenvalue weighted by atomic mass is 10.2. The fourth-order valence-corrected chi connectivity index (χ4v) is 1.69. The van der Waals surface area contributed by atoms with Crippen molar-refractivity contribution < 1.29 is 22.4 Å². The Morgan fingerprint density at radius 2 is 2.15 bits per heavy atom. The summed E-state index contributed by atoms with van der Waals surface area (Å²) in [5.41, 5.74) is 0.940. The topological polar surface area (TPSA) is 55.1 Å². The number of anilines is 1. The normalized spacial score (nSPS) is 11.8. The molecule has 2 aromatic rings. The van der Waals surface area contributed by atoms with Gasteiger partial charge in [0.1, 0.15) is 5.52 Å². The third kappa shape index (κ3) is 3.28. The number of oxazole rings is 1. The molecule has 1 aromatic carbocycles. The monoisotopic (exact) mass is 286 g/mol. The van der Waals surface area contributed by atoms with E-state index in [-0.39, 0.29) is 5.69 Å². The number of halogens is 3. The van der Waals surface area contributed by atoms with Crippen LogP contribution in [-0.2, 0) is 11.2 Å². The van der Waals surface area contributed by atoms with Gasteiger partial charge in [0.25, 0.3) is 0 Å². The number of aromatic nitrogens is 1. The molecule has 0 fully saturated rings. The molecule has 0 aliphatic rings. The van der Waals surface area contributed by atoms with E-state index in [2.05, 4.69) is 4.98 Å². The van der Waals surface area contributed by atoms with Crippen molar-refractivity contribution in [3.05, 3.63) is 24.1 Å². The Morgan fingerprint density at radius 1 is 1.40 bits per heavy atom. The maximum absolute atomic E-state index is 12.1. The number of unbranched alkanes of at least 4 members (excludes halogenated alkanes) is 1. The Bertz CT molecular complexity index is 620. The smallest absolute Gasteiger partial charge is 0.441 e. The molecule has 7 heteroatoms. The van der Waals surface area contributed by atoms with E-state index in [9.17, 15) is 18.0 Å². The van der Waals surface area contributed by atoms with Gasteiger partial charge in [-0.3, -0.25) is 4.79 Å². The summed E-state index contributed by atoms with van der Waals surface area (Å²) in [4.78, 5) is 15.1. The van der Waals surface area contributed by atoms with E-state index in [4.69, 9.17) is 4.42 Å². The molecule has 2 rings (SSSR count). The standard InChI is InChI=1S/C13H13F3N2O2/c1-2-3-4-11-18-9-6-5-8(7-10(9)20-11)17-12(19)13(14,15)16/h5-7H,2-4H2,1H3,(H,17,19). The lowest BCUT2D eigenvalue weighted by Gasteiger charge is -2.07.